The molecule has 0 saturated carbocycles. The Morgan fingerprint density at radius 3 is 2.65 bits per heavy atom. The van der Waals surface area contributed by atoms with Crippen molar-refractivity contribution in [3.05, 3.63) is 52.2 Å². The minimum absolute atomic E-state index is 0.0850. The smallest absolute Gasteiger partial charge is 0.273 e. The molecule has 1 heterocycles. The van der Waals surface area contributed by atoms with E-state index in [2.05, 4.69) is 4.98 Å². The first-order valence-electron chi connectivity index (χ1n) is 5.65. The minimum Gasteiger partial charge on any atom is -0.493 e. The summed E-state index contributed by atoms with van der Waals surface area (Å²) in [5.74, 6) is 1.28. The highest BCUT2D eigenvalue weighted by Gasteiger charge is 2.13. The molecule has 0 saturated heterocycles. The summed E-state index contributed by atoms with van der Waals surface area (Å²) in [4.78, 5) is 14.3. The van der Waals surface area contributed by atoms with E-state index in [0.29, 0.717) is 17.5 Å². The van der Waals surface area contributed by atoms with Crippen molar-refractivity contribution in [2.75, 3.05) is 7.11 Å². The second-order valence-corrected chi connectivity index (χ2v) is 4.10. The number of nitrogens with zero attached hydrogens (tertiary/aromatic N) is 2. The molecule has 0 aliphatic rings. The molecule has 0 aliphatic heterocycles. The molecule has 2 rings (SSSR count). The van der Waals surface area contributed by atoms with Crippen LogP contribution in [-0.4, -0.2) is 17.0 Å². The van der Waals surface area contributed by atoms with Crippen molar-refractivity contribution < 1.29 is 14.4 Å². The number of aromatic nitrogens is 1. The number of pyridine rings is 1. The standard InChI is InChI=1S/C13H11ClN2O4/c1-19-11-4-3-10(16(17)18)6-12(11)20-13-5-2-9(7-14)8-15-13/h2-6,8H,7H2,1H3. The fourth-order valence-electron chi connectivity index (χ4n) is 1.52. The number of nitro benzene ring substituents is 1. The predicted molar refractivity (Wildman–Crippen MR) is 73.5 cm³/mol. The van der Waals surface area contributed by atoms with Gasteiger partial charge in [-0.15, -0.1) is 11.6 Å². The Kier molecular flexibility index (Phi) is 4.37. The molecule has 0 N–H and O–H groups in total. The van der Waals surface area contributed by atoms with Crippen LogP contribution in [-0.2, 0) is 5.88 Å². The van der Waals surface area contributed by atoms with E-state index in [1.165, 1.54) is 25.3 Å². The SMILES string of the molecule is COc1ccc([N+](=O)[O-])cc1Oc1ccc(CCl)cn1. The molecule has 0 radical (unpaired) electrons. The van der Waals surface area contributed by atoms with Gasteiger partial charge in [-0.3, -0.25) is 10.1 Å². The first-order valence-corrected chi connectivity index (χ1v) is 6.18. The molecule has 0 fully saturated rings. The van der Waals surface area contributed by atoms with E-state index >= 15 is 0 Å². The van der Waals surface area contributed by atoms with Gasteiger partial charge in [-0.05, 0) is 11.6 Å². The number of rotatable bonds is 5. The number of hydrogen-bond acceptors (Lipinski definition) is 5. The van der Waals surface area contributed by atoms with Gasteiger partial charge in [0, 0.05) is 24.2 Å². The summed E-state index contributed by atoms with van der Waals surface area (Å²) < 4.78 is 10.6. The third kappa shape index (κ3) is 3.16. The summed E-state index contributed by atoms with van der Waals surface area (Å²) in [5, 5.41) is 10.8. The molecule has 20 heavy (non-hydrogen) atoms. The van der Waals surface area contributed by atoms with E-state index in [9.17, 15) is 10.1 Å². The topological polar surface area (TPSA) is 74.5 Å². The maximum absolute atomic E-state index is 10.8. The van der Waals surface area contributed by atoms with Crippen molar-refractivity contribution in [1.29, 1.82) is 0 Å². The zero-order valence-corrected chi connectivity index (χ0v) is 11.3. The lowest BCUT2D eigenvalue weighted by Crippen LogP contribution is -1.95. The molecule has 0 amide bonds. The Bertz CT molecular complexity index is 616. The van der Waals surface area contributed by atoms with Crippen LogP contribution < -0.4 is 9.47 Å². The Hall–Kier alpha value is -2.34. The van der Waals surface area contributed by atoms with E-state index < -0.39 is 4.92 Å². The maximum atomic E-state index is 10.8. The van der Waals surface area contributed by atoms with E-state index in [-0.39, 0.29) is 11.4 Å². The highest BCUT2D eigenvalue weighted by atomic mass is 35.5. The molecule has 104 valence electrons. The lowest BCUT2D eigenvalue weighted by molar-refractivity contribution is -0.384. The van der Waals surface area contributed by atoms with Crippen LogP contribution in [0.2, 0.25) is 0 Å². The lowest BCUT2D eigenvalue weighted by Gasteiger charge is -2.09. The fourth-order valence-corrected chi connectivity index (χ4v) is 1.68. The Morgan fingerprint density at radius 1 is 1.30 bits per heavy atom. The van der Waals surface area contributed by atoms with Gasteiger partial charge in [-0.2, -0.15) is 0 Å². The Labute approximate surface area is 120 Å². The number of hydrogen-bond donors (Lipinski definition) is 0. The van der Waals surface area contributed by atoms with Gasteiger partial charge in [0.25, 0.3) is 5.69 Å². The van der Waals surface area contributed by atoms with Gasteiger partial charge in [0.05, 0.1) is 18.1 Å². The quantitative estimate of drug-likeness (QED) is 0.479. The van der Waals surface area contributed by atoms with Crippen LogP contribution in [0.4, 0.5) is 5.69 Å². The van der Waals surface area contributed by atoms with Crippen molar-refractivity contribution in [3.63, 3.8) is 0 Å². The molecular formula is C13H11ClN2O4. The molecule has 7 heteroatoms. The van der Waals surface area contributed by atoms with Gasteiger partial charge in [-0.25, -0.2) is 4.98 Å². The predicted octanol–water partition coefficient (Wildman–Crippen LogP) is 3.53. The third-order valence-electron chi connectivity index (χ3n) is 2.52. The summed E-state index contributed by atoms with van der Waals surface area (Å²) in [6.45, 7) is 0. The van der Waals surface area contributed by atoms with Gasteiger partial charge in [-0.1, -0.05) is 6.07 Å². The number of halogens is 1. The summed E-state index contributed by atoms with van der Waals surface area (Å²) in [6.07, 6.45) is 1.58. The molecular weight excluding hydrogens is 284 g/mol. The first-order chi connectivity index (χ1) is 9.63. The number of nitro groups is 1. The Balaban J connectivity index is 2.30. The number of benzene rings is 1. The molecule has 6 nitrogen and oxygen atoms in total. The van der Waals surface area contributed by atoms with Crippen LogP contribution in [0.15, 0.2) is 36.5 Å². The van der Waals surface area contributed by atoms with Crippen LogP contribution in [0, 0.1) is 10.1 Å². The lowest BCUT2D eigenvalue weighted by atomic mass is 10.3. The second kappa shape index (κ2) is 6.21. The molecule has 0 bridgehead atoms. The van der Waals surface area contributed by atoms with Gasteiger partial charge in [0.15, 0.2) is 11.5 Å². The average Bonchev–Trinajstić information content (AvgIpc) is 2.48. The van der Waals surface area contributed by atoms with Crippen molar-refractivity contribution in [2.24, 2.45) is 0 Å². The van der Waals surface area contributed by atoms with Crippen molar-refractivity contribution in [1.82, 2.24) is 4.98 Å². The monoisotopic (exact) mass is 294 g/mol. The van der Waals surface area contributed by atoms with Gasteiger partial charge < -0.3 is 9.47 Å². The minimum atomic E-state index is -0.504. The number of non-ortho nitro benzene ring substituents is 1. The number of alkyl halides is 1. The van der Waals surface area contributed by atoms with Crippen molar-refractivity contribution in [3.8, 4) is 17.4 Å². The van der Waals surface area contributed by atoms with Gasteiger partial charge in [0.1, 0.15) is 0 Å². The largest absolute Gasteiger partial charge is 0.493 e. The summed E-state index contributed by atoms with van der Waals surface area (Å²) in [5.41, 5.74) is 0.767. The maximum Gasteiger partial charge on any atom is 0.273 e. The van der Waals surface area contributed by atoms with Gasteiger partial charge >= 0.3 is 0 Å². The van der Waals surface area contributed by atoms with Crippen LogP contribution in [0.3, 0.4) is 0 Å². The molecule has 0 unspecified atom stereocenters. The first kappa shape index (κ1) is 14.1. The van der Waals surface area contributed by atoms with E-state index in [1.807, 2.05) is 0 Å². The average molecular weight is 295 g/mol. The molecule has 0 atom stereocenters. The van der Waals surface area contributed by atoms with E-state index in [1.54, 1.807) is 18.3 Å². The zero-order valence-electron chi connectivity index (χ0n) is 10.6. The van der Waals surface area contributed by atoms with Crippen LogP contribution in [0.1, 0.15) is 5.56 Å². The number of ether oxygens (including phenoxy) is 2. The summed E-state index contributed by atoms with van der Waals surface area (Å²) in [7, 11) is 1.46. The van der Waals surface area contributed by atoms with Gasteiger partial charge in [0.2, 0.25) is 5.88 Å². The van der Waals surface area contributed by atoms with Crippen molar-refractivity contribution in [2.45, 2.75) is 5.88 Å². The highest BCUT2D eigenvalue weighted by molar-refractivity contribution is 6.17. The Morgan fingerprint density at radius 2 is 2.10 bits per heavy atom. The molecule has 0 spiro atoms. The molecule has 1 aromatic heterocycles. The zero-order chi connectivity index (χ0) is 14.5. The van der Waals surface area contributed by atoms with Crippen LogP contribution in [0.5, 0.6) is 17.4 Å². The number of methoxy groups -OCH3 is 1. The van der Waals surface area contributed by atoms with E-state index in [4.69, 9.17) is 21.1 Å². The third-order valence-corrected chi connectivity index (χ3v) is 2.83. The molecule has 2 aromatic rings. The summed E-state index contributed by atoms with van der Waals surface area (Å²) >= 11 is 5.67. The van der Waals surface area contributed by atoms with Crippen LogP contribution >= 0.6 is 11.6 Å². The van der Waals surface area contributed by atoms with Crippen LogP contribution in [0.25, 0.3) is 0 Å². The molecule has 1 aromatic carbocycles. The summed E-state index contributed by atoms with van der Waals surface area (Å²) in [6, 6.07) is 7.50. The van der Waals surface area contributed by atoms with E-state index in [0.717, 1.165) is 5.56 Å². The van der Waals surface area contributed by atoms with Crippen molar-refractivity contribution >= 4 is 17.3 Å². The normalized spacial score (nSPS) is 10.1. The second-order valence-electron chi connectivity index (χ2n) is 3.83. The molecule has 0 aliphatic carbocycles. The fraction of sp³-hybridized carbons (Fsp3) is 0.154. The highest BCUT2D eigenvalue weighted by Crippen LogP contribution is 2.34.